The number of halogens is 4. The topological polar surface area (TPSA) is 47.3 Å². The first-order valence-corrected chi connectivity index (χ1v) is 9.09. The lowest BCUT2D eigenvalue weighted by atomic mass is 10.1. The molecule has 0 aromatic heterocycles. The van der Waals surface area contributed by atoms with E-state index in [1.807, 2.05) is 11.0 Å². The Morgan fingerprint density at radius 3 is 2.50 bits per heavy atom. The van der Waals surface area contributed by atoms with Crippen molar-refractivity contribution in [3.63, 3.8) is 0 Å². The van der Waals surface area contributed by atoms with Crippen LogP contribution >= 0.6 is 11.6 Å². The molecular formula is C20H17ClF3N3O. The van der Waals surface area contributed by atoms with Crippen molar-refractivity contribution in [3.05, 3.63) is 64.2 Å². The Kier molecular flexibility index (Phi) is 5.80. The number of amides is 1. The highest BCUT2D eigenvalue weighted by molar-refractivity contribution is 6.33. The lowest BCUT2D eigenvalue weighted by Crippen LogP contribution is -2.35. The van der Waals surface area contributed by atoms with Crippen LogP contribution in [-0.4, -0.2) is 37.0 Å². The molecule has 28 heavy (non-hydrogen) atoms. The first-order valence-electron chi connectivity index (χ1n) is 8.71. The Hall–Kier alpha value is -2.72. The molecule has 8 heteroatoms. The summed E-state index contributed by atoms with van der Waals surface area (Å²) in [6.07, 6.45) is -3.87. The van der Waals surface area contributed by atoms with Crippen LogP contribution in [0.2, 0.25) is 5.02 Å². The Morgan fingerprint density at radius 2 is 1.82 bits per heavy atom. The summed E-state index contributed by atoms with van der Waals surface area (Å²) < 4.78 is 38.7. The van der Waals surface area contributed by atoms with Gasteiger partial charge in [-0.05, 0) is 36.8 Å². The molecule has 0 bridgehead atoms. The maximum Gasteiger partial charge on any atom is 0.416 e. The van der Waals surface area contributed by atoms with E-state index >= 15 is 0 Å². The van der Waals surface area contributed by atoms with Gasteiger partial charge < -0.3 is 9.80 Å². The second-order valence-corrected chi connectivity index (χ2v) is 6.86. The second kappa shape index (κ2) is 8.11. The van der Waals surface area contributed by atoms with Gasteiger partial charge in [-0.3, -0.25) is 4.79 Å². The minimum atomic E-state index is -4.50. The van der Waals surface area contributed by atoms with Crippen LogP contribution < -0.4 is 4.90 Å². The van der Waals surface area contributed by atoms with Crippen LogP contribution in [0.4, 0.5) is 18.9 Å². The van der Waals surface area contributed by atoms with Crippen molar-refractivity contribution in [2.24, 2.45) is 0 Å². The minimum absolute atomic E-state index is 0.0271. The van der Waals surface area contributed by atoms with Crippen molar-refractivity contribution in [2.75, 3.05) is 31.1 Å². The Morgan fingerprint density at radius 1 is 1.07 bits per heavy atom. The van der Waals surface area contributed by atoms with Crippen LogP contribution in [-0.2, 0) is 6.18 Å². The standard InChI is InChI=1S/C20H17ClF3N3O/c21-17-5-2-1-4-16(17)19(28)27-9-3-8-26(10-11-27)18-7-6-15(20(22,23)24)12-14(18)13-25/h1-2,4-7,12H,3,8-11H2. The van der Waals surface area contributed by atoms with Crippen molar-refractivity contribution >= 4 is 23.2 Å². The van der Waals surface area contributed by atoms with Gasteiger partial charge in [-0.1, -0.05) is 23.7 Å². The zero-order valence-electron chi connectivity index (χ0n) is 14.8. The number of benzene rings is 2. The minimum Gasteiger partial charge on any atom is -0.369 e. The van der Waals surface area contributed by atoms with Gasteiger partial charge in [0.2, 0.25) is 0 Å². The molecule has 4 nitrogen and oxygen atoms in total. The molecule has 1 amide bonds. The number of nitrogens with zero attached hydrogens (tertiary/aromatic N) is 3. The van der Waals surface area contributed by atoms with E-state index in [0.717, 1.165) is 12.1 Å². The summed E-state index contributed by atoms with van der Waals surface area (Å²) >= 11 is 6.11. The summed E-state index contributed by atoms with van der Waals surface area (Å²) in [5.74, 6) is -0.180. The first-order chi connectivity index (χ1) is 13.3. The molecule has 0 saturated carbocycles. The third kappa shape index (κ3) is 4.23. The molecule has 0 aliphatic carbocycles. The predicted molar refractivity (Wildman–Crippen MR) is 100 cm³/mol. The van der Waals surface area contributed by atoms with Crippen molar-refractivity contribution in [1.82, 2.24) is 4.90 Å². The van der Waals surface area contributed by atoms with Crippen LogP contribution in [0.1, 0.15) is 27.9 Å². The van der Waals surface area contributed by atoms with Gasteiger partial charge >= 0.3 is 6.18 Å². The van der Waals surface area contributed by atoms with Gasteiger partial charge in [-0.15, -0.1) is 0 Å². The normalized spacial score (nSPS) is 15.1. The molecule has 1 aliphatic rings. The quantitative estimate of drug-likeness (QED) is 0.732. The third-order valence-corrected chi connectivity index (χ3v) is 5.00. The van der Waals surface area contributed by atoms with Crippen LogP contribution in [0.15, 0.2) is 42.5 Å². The smallest absolute Gasteiger partial charge is 0.369 e. The maximum absolute atomic E-state index is 12.9. The molecule has 3 rings (SSSR count). The van der Waals surface area contributed by atoms with Gasteiger partial charge in [0.25, 0.3) is 5.91 Å². The lowest BCUT2D eigenvalue weighted by Gasteiger charge is -2.25. The van der Waals surface area contributed by atoms with E-state index in [1.165, 1.54) is 6.07 Å². The Bertz CT molecular complexity index is 924. The summed E-state index contributed by atoms with van der Waals surface area (Å²) in [6, 6.07) is 11.8. The Balaban J connectivity index is 1.78. The number of hydrogen-bond acceptors (Lipinski definition) is 3. The van der Waals surface area contributed by atoms with Gasteiger partial charge in [-0.25, -0.2) is 0 Å². The zero-order chi connectivity index (χ0) is 20.3. The Labute approximate surface area is 165 Å². The van der Waals surface area contributed by atoms with E-state index < -0.39 is 11.7 Å². The molecule has 2 aromatic carbocycles. The molecule has 2 aromatic rings. The number of alkyl halides is 3. The summed E-state index contributed by atoms with van der Waals surface area (Å²) in [5, 5.41) is 9.68. The molecule has 0 atom stereocenters. The molecule has 146 valence electrons. The number of carbonyl (C=O) groups is 1. The average Bonchev–Trinajstić information content (AvgIpc) is 2.92. The maximum atomic E-state index is 12.9. The number of anilines is 1. The fourth-order valence-electron chi connectivity index (χ4n) is 3.24. The first kappa shape index (κ1) is 20.0. The number of hydrogen-bond donors (Lipinski definition) is 0. The second-order valence-electron chi connectivity index (χ2n) is 6.45. The SMILES string of the molecule is N#Cc1cc(C(F)(F)F)ccc1N1CCCN(C(=O)c2ccccc2Cl)CC1. The molecule has 0 N–H and O–H groups in total. The van der Waals surface area contributed by atoms with E-state index in [0.29, 0.717) is 48.9 Å². The van der Waals surface area contributed by atoms with Gasteiger partial charge in [0.05, 0.1) is 27.4 Å². The van der Waals surface area contributed by atoms with Crippen molar-refractivity contribution in [2.45, 2.75) is 12.6 Å². The van der Waals surface area contributed by atoms with Gasteiger partial charge in [0.15, 0.2) is 0 Å². The van der Waals surface area contributed by atoms with Crippen molar-refractivity contribution < 1.29 is 18.0 Å². The van der Waals surface area contributed by atoms with Crippen LogP contribution in [0.25, 0.3) is 0 Å². The molecule has 1 fully saturated rings. The number of rotatable bonds is 2. The largest absolute Gasteiger partial charge is 0.416 e. The summed E-state index contributed by atoms with van der Waals surface area (Å²) in [7, 11) is 0. The molecule has 1 aliphatic heterocycles. The molecule has 0 spiro atoms. The monoisotopic (exact) mass is 407 g/mol. The van der Waals surface area contributed by atoms with Gasteiger partial charge in [0, 0.05) is 26.2 Å². The van der Waals surface area contributed by atoms with E-state index in [4.69, 9.17) is 11.6 Å². The highest BCUT2D eigenvalue weighted by Crippen LogP contribution is 2.33. The lowest BCUT2D eigenvalue weighted by molar-refractivity contribution is -0.137. The average molecular weight is 408 g/mol. The van der Waals surface area contributed by atoms with Crippen LogP contribution in [0.3, 0.4) is 0 Å². The molecule has 0 unspecified atom stereocenters. The van der Waals surface area contributed by atoms with E-state index in [2.05, 4.69) is 0 Å². The van der Waals surface area contributed by atoms with Crippen LogP contribution in [0, 0.1) is 11.3 Å². The molecule has 0 radical (unpaired) electrons. The highest BCUT2D eigenvalue weighted by Gasteiger charge is 2.32. The summed E-state index contributed by atoms with van der Waals surface area (Å²) in [4.78, 5) is 16.3. The fourth-order valence-corrected chi connectivity index (χ4v) is 3.46. The third-order valence-electron chi connectivity index (χ3n) is 4.67. The number of nitriles is 1. The summed E-state index contributed by atoms with van der Waals surface area (Å²) in [6.45, 7) is 1.83. The zero-order valence-corrected chi connectivity index (χ0v) is 15.6. The summed E-state index contributed by atoms with van der Waals surface area (Å²) in [5.41, 5.74) is -0.00810. The van der Waals surface area contributed by atoms with Crippen LogP contribution in [0.5, 0.6) is 0 Å². The van der Waals surface area contributed by atoms with Gasteiger partial charge in [0.1, 0.15) is 6.07 Å². The van der Waals surface area contributed by atoms with Crippen molar-refractivity contribution in [3.8, 4) is 6.07 Å². The molecular weight excluding hydrogens is 391 g/mol. The van der Waals surface area contributed by atoms with E-state index in [1.54, 1.807) is 29.2 Å². The van der Waals surface area contributed by atoms with Gasteiger partial charge in [-0.2, -0.15) is 18.4 Å². The van der Waals surface area contributed by atoms with E-state index in [9.17, 15) is 23.2 Å². The fraction of sp³-hybridized carbons (Fsp3) is 0.300. The highest BCUT2D eigenvalue weighted by atomic mass is 35.5. The molecule has 1 heterocycles. The predicted octanol–water partition coefficient (Wildman–Crippen LogP) is 4.58. The number of carbonyl (C=O) groups excluding carboxylic acids is 1. The van der Waals surface area contributed by atoms with E-state index in [-0.39, 0.29) is 11.5 Å². The van der Waals surface area contributed by atoms with Crippen molar-refractivity contribution in [1.29, 1.82) is 5.26 Å². The molecule has 1 saturated heterocycles.